The summed E-state index contributed by atoms with van der Waals surface area (Å²) >= 11 is 0. The quantitative estimate of drug-likeness (QED) is 0.831. The van der Waals surface area contributed by atoms with Crippen molar-refractivity contribution in [1.82, 2.24) is 25.4 Å². The first-order chi connectivity index (χ1) is 11.8. The number of amides is 1. The Hall–Kier alpha value is -1.63. The van der Waals surface area contributed by atoms with E-state index < -0.39 is 0 Å². The molecular formula is C18H25Cl2N5O. The number of nitrogens with one attached hydrogen (secondary N) is 2. The number of aromatic nitrogens is 3. The zero-order valence-corrected chi connectivity index (χ0v) is 16.1. The molecule has 2 aromatic heterocycles. The molecule has 26 heavy (non-hydrogen) atoms. The second-order valence-corrected chi connectivity index (χ2v) is 6.80. The smallest absolute Gasteiger partial charge is 0.237 e. The summed E-state index contributed by atoms with van der Waals surface area (Å²) in [4.78, 5) is 16.8. The van der Waals surface area contributed by atoms with E-state index in [2.05, 4.69) is 20.7 Å². The number of hydrogen-bond acceptors (Lipinski definition) is 4. The van der Waals surface area contributed by atoms with E-state index in [1.54, 1.807) is 17.1 Å². The molecule has 0 radical (unpaired) electrons. The SMILES string of the molecule is Cl.Cl.O=C(NCc1ccnc(-n2cccn2)c1)C1CC2CCCCC2N1. The van der Waals surface area contributed by atoms with E-state index >= 15 is 0 Å². The van der Waals surface area contributed by atoms with Gasteiger partial charge in [-0.05, 0) is 48.9 Å². The molecular weight excluding hydrogens is 373 g/mol. The summed E-state index contributed by atoms with van der Waals surface area (Å²) in [5.41, 5.74) is 1.03. The summed E-state index contributed by atoms with van der Waals surface area (Å²) in [6, 6.07) is 6.25. The minimum Gasteiger partial charge on any atom is -0.351 e. The van der Waals surface area contributed by atoms with Gasteiger partial charge >= 0.3 is 0 Å². The van der Waals surface area contributed by atoms with Gasteiger partial charge in [0.25, 0.3) is 0 Å². The van der Waals surface area contributed by atoms with Crippen molar-refractivity contribution < 1.29 is 4.79 Å². The standard InChI is InChI=1S/C18H23N5O.2ClH/c24-18(16-11-14-4-1-2-5-15(14)22-16)20-12-13-6-8-19-17(10-13)23-9-3-7-21-23;;/h3,6-10,14-16,22H,1-2,4-5,11-12H2,(H,20,24);2*1H. The number of nitrogens with zero attached hydrogens (tertiary/aromatic N) is 3. The molecule has 6 nitrogen and oxygen atoms in total. The highest BCUT2D eigenvalue weighted by Gasteiger charge is 2.37. The van der Waals surface area contributed by atoms with Crippen molar-refractivity contribution in [2.24, 2.45) is 5.92 Å². The molecule has 3 atom stereocenters. The van der Waals surface area contributed by atoms with Gasteiger partial charge in [0, 0.05) is 31.2 Å². The van der Waals surface area contributed by atoms with Crippen LogP contribution in [0.1, 0.15) is 37.7 Å². The topological polar surface area (TPSA) is 71.8 Å². The predicted octanol–water partition coefficient (Wildman–Crippen LogP) is 2.65. The summed E-state index contributed by atoms with van der Waals surface area (Å²) in [7, 11) is 0. The molecule has 1 saturated heterocycles. The first-order valence-electron chi connectivity index (χ1n) is 8.78. The molecule has 1 amide bonds. The Bertz CT molecular complexity index is 695. The molecule has 8 heteroatoms. The fourth-order valence-electron chi connectivity index (χ4n) is 3.93. The van der Waals surface area contributed by atoms with E-state index in [4.69, 9.17) is 0 Å². The maximum absolute atomic E-state index is 12.5. The Labute approximate surface area is 166 Å². The monoisotopic (exact) mass is 397 g/mol. The molecule has 0 aromatic carbocycles. The molecule has 0 bridgehead atoms. The van der Waals surface area contributed by atoms with Crippen LogP contribution in [-0.2, 0) is 11.3 Å². The molecule has 2 aromatic rings. The van der Waals surface area contributed by atoms with Crippen molar-refractivity contribution in [3.8, 4) is 5.82 Å². The molecule has 2 N–H and O–H groups in total. The highest BCUT2D eigenvalue weighted by Crippen LogP contribution is 2.33. The first-order valence-corrected chi connectivity index (χ1v) is 8.78. The molecule has 1 saturated carbocycles. The summed E-state index contributed by atoms with van der Waals surface area (Å²) in [5.74, 6) is 1.56. The Kier molecular flexibility index (Phi) is 7.43. The Morgan fingerprint density at radius 2 is 2.12 bits per heavy atom. The lowest BCUT2D eigenvalue weighted by atomic mass is 9.85. The number of fused-ring (bicyclic) bond motifs is 1. The van der Waals surface area contributed by atoms with Crippen LogP contribution in [-0.4, -0.2) is 32.8 Å². The molecule has 0 spiro atoms. The van der Waals surface area contributed by atoms with E-state index in [-0.39, 0.29) is 36.8 Å². The number of halogens is 2. The molecule has 2 fully saturated rings. The average molecular weight is 398 g/mol. The van der Waals surface area contributed by atoms with E-state index in [1.165, 1.54) is 25.7 Å². The molecule has 1 aliphatic carbocycles. The van der Waals surface area contributed by atoms with Gasteiger partial charge in [-0.3, -0.25) is 4.79 Å². The van der Waals surface area contributed by atoms with Crippen molar-refractivity contribution in [3.05, 3.63) is 42.4 Å². The van der Waals surface area contributed by atoms with E-state index in [1.807, 2.05) is 24.4 Å². The van der Waals surface area contributed by atoms with Crippen LogP contribution in [0, 0.1) is 5.92 Å². The number of carbonyl (C=O) groups excluding carboxylic acids is 1. The van der Waals surface area contributed by atoms with Gasteiger partial charge in [0.15, 0.2) is 5.82 Å². The maximum atomic E-state index is 12.5. The lowest BCUT2D eigenvalue weighted by Gasteiger charge is -2.24. The number of hydrogen-bond donors (Lipinski definition) is 2. The lowest BCUT2D eigenvalue weighted by Crippen LogP contribution is -2.42. The Balaban J connectivity index is 0.00000121. The maximum Gasteiger partial charge on any atom is 0.237 e. The van der Waals surface area contributed by atoms with Crippen LogP contribution < -0.4 is 10.6 Å². The average Bonchev–Trinajstić information content (AvgIpc) is 3.29. The molecule has 3 unspecified atom stereocenters. The highest BCUT2D eigenvalue weighted by atomic mass is 35.5. The van der Waals surface area contributed by atoms with Crippen molar-refractivity contribution in [2.45, 2.75) is 50.7 Å². The van der Waals surface area contributed by atoms with Gasteiger partial charge in [-0.25, -0.2) is 9.67 Å². The Morgan fingerprint density at radius 3 is 2.88 bits per heavy atom. The molecule has 2 aliphatic rings. The van der Waals surface area contributed by atoms with Crippen LogP contribution in [0.3, 0.4) is 0 Å². The summed E-state index contributed by atoms with van der Waals surface area (Å²) < 4.78 is 1.72. The van der Waals surface area contributed by atoms with E-state index in [0.717, 1.165) is 17.8 Å². The van der Waals surface area contributed by atoms with Gasteiger partial charge in [-0.15, -0.1) is 24.8 Å². The summed E-state index contributed by atoms with van der Waals surface area (Å²) in [6.07, 6.45) is 11.4. The van der Waals surface area contributed by atoms with Gasteiger partial charge < -0.3 is 10.6 Å². The minimum absolute atomic E-state index is 0. The van der Waals surface area contributed by atoms with Crippen LogP contribution in [0.4, 0.5) is 0 Å². The van der Waals surface area contributed by atoms with E-state index in [9.17, 15) is 4.79 Å². The fourth-order valence-corrected chi connectivity index (χ4v) is 3.93. The molecule has 3 heterocycles. The van der Waals surface area contributed by atoms with Gasteiger partial charge in [0.2, 0.25) is 5.91 Å². The third-order valence-electron chi connectivity index (χ3n) is 5.20. The zero-order chi connectivity index (χ0) is 16.4. The van der Waals surface area contributed by atoms with E-state index in [0.29, 0.717) is 18.5 Å². The predicted molar refractivity (Wildman–Crippen MR) is 105 cm³/mol. The molecule has 142 valence electrons. The molecule has 4 rings (SSSR count). The molecule has 1 aliphatic heterocycles. The second-order valence-electron chi connectivity index (χ2n) is 6.80. The summed E-state index contributed by atoms with van der Waals surface area (Å²) in [5, 5.41) is 10.8. The number of pyridine rings is 1. The minimum atomic E-state index is -0.0366. The number of carbonyl (C=O) groups is 1. The lowest BCUT2D eigenvalue weighted by molar-refractivity contribution is -0.123. The van der Waals surface area contributed by atoms with Gasteiger partial charge in [0.1, 0.15) is 0 Å². The number of rotatable bonds is 4. The van der Waals surface area contributed by atoms with Crippen molar-refractivity contribution in [2.75, 3.05) is 0 Å². The van der Waals surface area contributed by atoms with Crippen molar-refractivity contribution >= 4 is 30.7 Å². The van der Waals surface area contributed by atoms with Gasteiger partial charge in [-0.2, -0.15) is 5.10 Å². The zero-order valence-electron chi connectivity index (χ0n) is 14.5. The van der Waals surface area contributed by atoms with Crippen molar-refractivity contribution in [1.29, 1.82) is 0 Å². The Morgan fingerprint density at radius 1 is 1.27 bits per heavy atom. The fraction of sp³-hybridized carbons (Fsp3) is 0.500. The first kappa shape index (κ1) is 20.7. The normalized spacial score (nSPS) is 24.1. The van der Waals surface area contributed by atoms with Gasteiger partial charge in [0.05, 0.1) is 6.04 Å². The highest BCUT2D eigenvalue weighted by molar-refractivity contribution is 5.85. The summed E-state index contributed by atoms with van der Waals surface area (Å²) in [6.45, 7) is 0.517. The van der Waals surface area contributed by atoms with Gasteiger partial charge in [-0.1, -0.05) is 12.8 Å². The van der Waals surface area contributed by atoms with Crippen LogP contribution in [0.5, 0.6) is 0 Å². The van der Waals surface area contributed by atoms with Crippen LogP contribution in [0.25, 0.3) is 5.82 Å². The third-order valence-corrected chi connectivity index (χ3v) is 5.20. The second kappa shape index (κ2) is 9.35. The van der Waals surface area contributed by atoms with Crippen LogP contribution in [0.15, 0.2) is 36.8 Å². The third kappa shape index (κ3) is 4.55. The van der Waals surface area contributed by atoms with Crippen LogP contribution in [0.2, 0.25) is 0 Å². The largest absolute Gasteiger partial charge is 0.351 e. The van der Waals surface area contributed by atoms with Crippen molar-refractivity contribution in [3.63, 3.8) is 0 Å². The van der Waals surface area contributed by atoms with Crippen LogP contribution >= 0.6 is 24.8 Å².